The standard InChI is InChI=1S/C7H9O2/c1-4-5-9-7(8)6(2)3/h1H,5H2,2-3H3. The molecule has 0 unspecified atom stereocenters. The molecule has 0 aliphatic carbocycles. The first-order valence-corrected chi connectivity index (χ1v) is 2.59. The van der Waals surface area contributed by atoms with Crippen LogP contribution in [0.15, 0.2) is 0 Å². The molecular formula is C7H9O2. The van der Waals surface area contributed by atoms with E-state index in [0.717, 1.165) is 0 Å². The van der Waals surface area contributed by atoms with Gasteiger partial charge in [0.05, 0.1) is 5.92 Å². The minimum atomic E-state index is -0.326. The summed E-state index contributed by atoms with van der Waals surface area (Å²) in [6.07, 6.45) is 4.84. The predicted molar refractivity (Wildman–Crippen MR) is 34.4 cm³/mol. The zero-order chi connectivity index (χ0) is 7.28. The highest BCUT2D eigenvalue weighted by atomic mass is 16.5. The summed E-state index contributed by atoms with van der Waals surface area (Å²) in [6, 6.07) is 0. The predicted octanol–water partition coefficient (Wildman–Crippen LogP) is 0.777. The van der Waals surface area contributed by atoms with Gasteiger partial charge in [-0.1, -0.05) is 5.92 Å². The molecule has 0 bridgehead atoms. The maximum atomic E-state index is 10.5. The van der Waals surface area contributed by atoms with Gasteiger partial charge in [-0.2, -0.15) is 0 Å². The Bertz CT molecular complexity index is 130. The average molecular weight is 125 g/mol. The molecule has 0 heterocycles. The normalized spacial score (nSPS) is 8.67. The maximum absolute atomic E-state index is 10.5. The van der Waals surface area contributed by atoms with E-state index >= 15 is 0 Å². The van der Waals surface area contributed by atoms with Gasteiger partial charge >= 0.3 is 5.97 Å². The van der Waals surface area contributed by atoms with Crippen LogP contribution in [0.5, 0.6) is 0 Å². The number of carbonyl (C=O) groups is 1. The molecule has 1 radical (unpaired) electrons. The quantitative estimate of drug-likeness (QED) is 0.402. The lowest BCUT2D eigenvalue weighted by molar-refractivity contribution is -0.139. The van der Waals surface area contributed by atoms with E-state index in [1.807, 2.05) is 0 Å². The first-order chi connectivity index (χ1) is 4.18. The number of hydrogen-bond donors (Lipinski definition) is 0. The SMILES string of the molecule is C#CCOC(=O)[C](C)C. The third-order valence-corrected chi connectivity index (χ3v) is 0.695. The smallest absolute Gasteiger partial charge is 0.313 e. The Balaban J connectivity index is 3.42. The van der Waals surface area contributed by atoms with Crippen molar-refractivity contribution >= 4 is 5.97 Å². The molecule has 2 heteroatoms. The van der Waals surface area contributed by atoms with Crippen molar-refractivity contribution in [3.63, 3.8) is 0 Å². The van der Waals surface area contributed by atoms with Crippen LogP contribution in [0.25, 0.3) is 0 Å². The Morgan fingerprint density at radius 3 is 2.56 bits per heavy atom. The number of terminal acetylenes is 1. The second-order valence-electron chi connectivity index (χ2n) is 1.78. The Morgan fingerprint density at radius 1 is 1.67 bits per heavy atom. The Labute approximate surface area is 55.2 Å². The van der Waals surface area contributed by atoms with E-state index in [1.165, 1.54) is 0 Å². The van der Waals surface area contributed by atoms with Gasteiger partial charge in [-0.05, 0) is 13.8 Å². The molecule has 0 N–H and O–H groups in total. The van der Waals surface area contributed by atoms with Crippen LogP contribution in [-0.2, 0) is 9.53 Å². The monoisotopic (exact) mass is 125 g/mol. The molecule has 0 amide bonds. The van der Waals surface area contributed by atoms with Crippen LogP contribution < -0.4 is 0 Å². The highest BCUT2D eigenvalue weighted by Crippen LogP contribution is 1.96. The van der Waals surface area contributed by atoms with E-state index < -0.39 is 0 Å². The van der Waals surface area contributed by atoms with E-state index in [4.69, 9.17) is 6.42 Å². The molecule has 0 aliphatic rings. The third-order valence-electron chi connectivity index (χ3n) is 0.695. The van der Waals surface area contributed by atoms with Gasteiger partial charge in [0.1, 0.15) is 0 Å². The van der Waals surface area contributed by atoms with Crippen LogP contribution in [0.3, 0.4) is 0 Å². The fourth-order valence-corrected chi connectivity index (χ4v) is 0.252. The van der Waals surface area contributed by atoms with Gasteiger partial charge < -0.3 is 4.74 Å². The molecule has 0 aromatic carbocycles. The van der Waals surface area contributed by atoms with E-state index in [1.54, 1.807) is 13.8 Å². The molecular weight excluding hydrogens is 116 g/mol. The van der Waals surface area contributed by atoms with Crippen LogP contribution >= 0.6 is 0 Å². The number of esters is 1. The molecule has 49 valence electrons. The molecule has 0 spiro atoms. The molecule has 0 rings (SSSR count). The van der Waals surface area contributed by atoms with Crippen molar-refractivity contribution in [3.05, 3.63) is 5.92 Å². The minimum absolute atomic E-state index is 0.0595. The van der Waals surface area contributed by atoms with Crippen molar-refractivity contribution in [2.45, 2.75) is 13.8 Å². The first-order valence-electron chi connectivity index (χ1n) is 2.59. The minimum Gasteiger partial charge on any atom is -0.452 e. The third kappa shape index (κ3) is 3.60. The van der Waals surface area contributed by atoms with Crippen molar-refractivity contribution in [1.29, 1.82) is 0 Å². The molecule has 0 fully saturated rings. The molecule has 0 aromatic heterocycles. The van der Waals surface area contributed by atoms with E-state index in [-0.39, 0.29) is 12.6 Å². The molecule has 9 heavy (non-hydrogen) atoms. The fraction of sp³-hybridized carbons (Fsp3) is 0.429. The molecule has 0 aliphatic heterocycles. The summed E-state index contributed by atoms with van der Waals surface area (Å²) in [5.41, 5.74) is 0. The van der Waals surface area contributed by atoms with Gasteiger partial charge in [-0.3, -0.25) is 4.79 Å². The largest absolute Gasteiger partial charge is 0.452 e. The summed E-state index contributed by atoms with van der Waals surface area (Å²) in [4.78, 5) is 10.5. The van der Waals surface area contributed by atoms with Crippen LogP contribution in [0.1, 0.15) is 13.8 Å². The lowest BCUT2D eigenvalue weighted by atomic mass is 10.2. The van der Waals surface area contributed by atoms with Crippen molar-refractivity contribution in [2.24, 2.45) is 0 Å². The van der Waals surface area contributed by atoms with Gasteiger partial charge in [0.25, 0.3) is 0 Å². The summed E-state index contributed by atoms with van der Waals surface area (Å²) < 4.78 is 4.54. The van der Waals surface area contributed by atoms with Gasteiger partial charge in [0.2, 0.25) is 0 Å². The van der Waals surface area contributed by atoms with Gasteiger partial charge in [-0.25, -0.2) is 0 Å². The van der Waals surface area contributed by atoms with Crippen molar-refractivity contribution < 1.29 is 9.53 Å². The zero-order valence-electron chi connectivity index (χ0n) is 5.60. The van der Waals surface area contributed by atoms with Crippen molar-refractivity contribution in [1.82, 2.24) is 0 Å². The summed E-state index contributed by atoms with van der Waals surface area (Å²) in [5.74, 6) is 2.49. The molecule has 2 nitrogen and oxygen atoms in total. The van der Waals surface area contributed by atoms with Gasteiger partial charge in [0.15, 0.2) is 6.61 Å². The molecule has 0 saturated heterocycles. The van der Waals surface area contributed by atoms with Crippen LogP contribution in [-0.4, -0.2) is 12.6 Å². The Morgan fingerprint density at radius 2 is 2.22 bits per heavy atom. The molecule has 0 saturated carbocycles. The highest BCUT2D eigenvalue weighted by molar-refractivity contribution is 5.83. The Kier molecular flexibility index (Phi) is 3.54. The van der Waals surface area contributed by atoms with E-state index in [0.29, 0.717) is 5.92 Å². The Hall–Kier alpha value is -0.970. The lowest BCUT2D eigenvalue weighted by Crippen LogP contribution is -2.09. The number of ether oxygens (including phenoxy) is 1. The van der Waals surface area contributed by atoms with Gasteiger partial charge in [0, 0.05) is 0 Å². The zero-order valence-corrected chi connectivity index (χ0v) is 5.60. The van der Waals surface area contributed by atoms with Crippen LogP contribution in [0.2, 0.25) is 0 Å². The summed E-state index contributed by atoms with van der Waals surface area (Å²) in [6.45, 7) is 3.42. The average Bonchev–Trinajstić information content (AvgIpc) is 1.82. The lowest BCUT2D eigenvalue weighted by Gasteiger charge is -2.00. The molecule has 0 atom stereocenters. The van der Waals surface area contributed by atoms with Crippen LogP contribution in [0, 0.1) is 18.3 Å². The topological polar surface area (TPSA) is 26.3 Å². The van der Waals surface area contributed by atoms with Crippen LogP contribution in [0.4, 0.5) is 0 Å². The van der Waals surface area contributed by atoms with Crippen molar-refractivity contribution in [3.8, 4) is 12.3 Å². The fourth-order valence-electron chi connectivity index (χ4n) is 0.252. The van der Waals surface area contributed by atoms with E-state index in [2.05, 4.69) is 10.7 Å². The first kappa shape index (κ1) is 8.03. The summed E-state index contributed by atoms with van der Waals surface area (Å²) in [7, 11) is 0. The molecule has 0 aromatic rings. The highest BCUT2D eigenvalue weighted by Gasteiger charge is 2.06. The second kappa shape index (κ2) is 3.96. The summed E-state index contributed by atoms with van der Waals surface area (Å²) in [5, 5.41) is 0. The van der Waals surface area contributed by atoms with E-state index in [9.17, 15) is 4.79 Å². The maximum Gasteiger partial charge on any atom is 0.313 e. The van der Waals surface area contributed by atoms with Crippen molar-refractivity contribution in [2.75, 3.05) is 6.61 Å². The summed E-state index contributed by atoms with van der Waals surface area (Å²) >= 11 is 0. The van der Waals surface area contributed by atoms with Gasteiger partial charge in [-0.15, -0.1) is 6.42 Å². The number of carbonyl (C=O) groups excluding carboxylic acids is 1. The number of hydrogen-bond acceptors (Lipinski definition) is 2. The second-order valence-corrected chi connectivity index (χ2v) is 1.78. The number of rotatable bonds is 2.